The van der Waals surface area contributed by atoms with E-state index in [0.717, 1.165) is 11.3 Å². The van der Waals surface area contributed by atoms with Gasteiger partial charge in [-0.05, 0) is 42.4 Å². The first kappa shape index (κ1) is 21.0. The molecular formula is C22H20ClFN6S. The van der Waals surface area contributed by atoms with Gasteiger partial charge in [0.25, 0.3) is 0 Å². The van der Waals surface area contributed by atoms with Gasteiger partial charge in [-0.2, -0.15) is 10.2 Å². The zero-order chi connectivity index (χ0) is 21.8. The van der Waals surface area contributed by atoms with Crippen molar-refractivity contribution in [3.8, 4) is 0 Å². The van der Waals surface area contributed by atoms with Gasteiger partial charge in [-0.3, -0.25) is 9.36 Å². The predicted octanol–water partition coefficient (Wildman–Crippen LogP) is 5.09. The third-order valence-corrected chi connectivity index (χ3v) is 5.14. The molecule has 0 spiro atoms. The van der Waals surface area contributed by atoms with Crippen molar-refractivity contribution in [3.63, 3.8) is 0 Å². The van der Waals surface area contributed by atoms with E-state index in [4.69, 9.17) is 23.8 Å². The lowest BCUT2D eigenvalue weighted by molar-refractivity contribution is 0.624. The number of nitrogens with one attached hydrogen (secondary N) is 2. The van der Waals surface area contributed by atoms with Gasteiger partial charge in [0.15, 0.2) is 10.9 Å². The molecule has 9 heteroatoms. The molecule has 0 aliphatic rings. The Balaban J connectivity index is 1.32. The first-order chi connectivity index (χ1) is 14.9. The summed E-state index contributed by atoms with van der Waals surface area (Å²) in [5.41, 5.74) is 3.96. The van der Waals surface area contributed by atoms with Crippen LogP contribution in [0.4, 0.5) is 15.9 Å². The number of hydrogen-bond donors (Lipinski definition) is 2. The summed E-state index contributed by atoms with van der Waals surface area (Å²) in [6, 6.07) is 14.5. The Labute approximate surface area is 189 Å². The lowest BCUT2D eigenvalue weighted by Crippen LogP contribution is -2.19. The molecule has 158 valence electrons. The molecule has 31 heavy (non-hydrogen) atoms. The highest BCUT2D eigenvalue weighted by Gasteiger charge is 2.07. The number of nitrogens with zero attached hydrogens (tertiary/aromatic N) is 4. The number of anilines is 2. The van der Waals surface area contributed by atoms with Gasteiger partial charge in [-0.25, -0.2) is 4.39 Å². The minimum Gasteiger partial charge on any atom is -0.330 e. The van der Waals surface area contributed by atoms with Crippen molar-refractivity contribution in [2.45, 2.75) is 20.0 Å². The summed E-state index contributed by atoms with van der Waals surface area (Å²) in [6.45, 7) is 3.17. The van der Waals surface area contributed by atoms with Crippen molar-refractivity contribution in [2.75, 3.05) is 10.6 Å². The normalized spacial score (nSPS) is 10.8. The van der Waals surface area contributed by atoms with E-state index in [-0.39, 0.29) is 5.82 Å². The van der Waals surface area contributed by atoms with Crippen LogP contribution in [-0.2, 0) is 13.1 Å². The molecular weight excluding hydrogens is 435 g/mol. The van der Waals surface area contributed by atoms with Gasteiger partial charge in [0.1, 0.15) is 5.82 Å². The van der Waals surface area contributed by atoms with Gasteiger partial charge < -0.3 is 10.6 Å². The molecule has 2 N–H and O–H groups in total. The summed E-state index contributed by atoms with van der Waals surface area (Å²) in [7, 11) is 0. The Morgan fingerprint density at radius 1 is 1.06 bits per heavy atom. The molecule has 0 amide bonds. The first-order valence-electron chi connectivity index (χ1n) is 9.58. The van der Waals surface area contributed by atoms with Crippen LogP contribution in [0.3, 0.4) is 0 Å². The highest BCUT2D eigenvalue weighted by molar-refractivity contribution is 7.80. The zero-order valence-corrected chi connectivity index (χ0v) is 18.3. The molecule has 4 rings (SSSR count). The van der Waals surface area contributed by atoms with Gasteiger partial charge in [0.2, 0.25) is 0 Å². The van der Waals surface area contributed by atoms with E-state index in [0.29, 0.717) is 29.0 Å². The van der Waals surface area contributed by atoms with Crippen LogP contribution in [0, 0.1) is 12.7 Å². The summed E-state index contributed by atoms with van der Waals surface area (Å²) < 4.78 is 16.7. The Kier molecular flexibility index (Phi) is 6.29. The molecule has 0 radical (unpaired) electrons. The first-order valence-corrected chi connectivity index (χ1v) is 10.4. The highest BCUT2D eigenvalue weighted by Crippen LogP contribution is 2.18. The molecule has 0 saturated heterocycles. The lowest BCUT2D eigenvalue weighted by atomic mass is 10.1. The third kappa shape index (κ3) is 5.68. The zero-order valence-electron chi connectivity index (χ0n) is 16.7. The smallest absolute Gasteiger partial charge is 0.176 e. The highest BCUT2D eigenvalue weighted by atomic mass is 35.5. The molecule has 2 aromatic heterocycles. The topological polar surface area (TPSA) is 59.7 Å². The van der Waals surface area contributed by atoms with Crippen LogP contribution in [0.15, 0.2) is 67.1 Å². The fourth-order valence-electron chi connectivity index (χ4n) is 3.01. The summed E-state index contributed by atoms with van der Waals surface area (Å²) in [5, 5.41) is 15.7. The molecule has 0 atom stereocenters. The lowest BCUT2D eigenvalue weighted by Gasteiger charge is -2.07. The maximum atomic E-state index is 13.2. The van der Waals surface area contributed by atoms with Crippen molar-refractivity contribution in [1.82, 2.24) is 19.6 Å². The van der Waals surface area contributed by atoms with E-state index in [1.165, 1.54) is 23.3 Å². The van der Waals surface area contributed by atoms with Gasteiger partial charge in [-0.1, -0.05) is 47.5 Å². The molecule has 0 unspecified atom stereocenters. The molecule has 0 aliphatic heterocycles. The maximum absolute atomic E-state index is 13.2. The predicted molar refractivity (Wildman–Crippen MR) is 125 cm³/mol. The molecule has 2 aromatic carbocycles. The van der Waals surface area contributed by atoms with E-state index >= 15 is 0 Å². The Bertz CT molecular complexity index is 1200. The van der Waals surface area contributed by atoms with Crippen LogP contribution >= 0.6 is 23.8 Å². The van der Waals surface area contributed by atoms with Crippen LogP contribution < -0.4 is 10.6 Å². The number of benzene rings is 2. The second-order valence-corrected chi connectivity index (χ2v) is 7.94. The minimum atomic E-state index is -0.366. The van der Waals surface area contributed by atoms with E-state index in [9.17, 15) is 4.39 Å². The summed E-state index contributed by atoms with van der Waals surface area (Å²) in [6.07, 6.45) is 5.41. The fraction of sp³-hybridized carbons (Fsp3) is 0.136. The molecule has 2 heterocycles. The second kappa shape index (κ2) is 9.28. The molecule has 0 fully saturated rings. The van der Waals surface area contributed by atoms with Gasteiger partial charge in [0, 0.05) is 23.5 Å². The fourth-order valence-corrected chi connectivity index (χ4v) is 3.46. The van der Waals surface area contributed by atoms with Crippen LogP contribution in [-0.4, -0.2) is 24.7 Å². The van der Waals surface area contributed by atoms with Gasteiger partial charge in [-0.15, -0.1) is 0 Å². The SMILES string of the molecule is Cc1ccc(Cn2cc(NC(=S)Nc3ccn(Cc4ccc(F)cc4Cl)n3)cn2)cc1. The maximum Gasteiger partial charge on any atom is 0.176 e. The van der Waals surface area contributed by atoms with E-state index in [1.807, 2.05) is 10.9 Å². The number of hydrogen-bond acceptors (Lipinski definition) is 3. The van der Waals surface area contributed by atoms with Crippen molar-refractivity contribution >= 4 is 40.4 Å². The van der Waals surface area contributed by atoms with Crippen LogP contribution in [0.5, 0.6) is 0 Å². The van der Waals surface area contributed by atoms with Crippen LogP contribution in [0.25, 0.3) is 0 Å². The van der Waals surface area contributed by atoms with E-state index in [2.05, 4.69) is 52.0 Å². The van der Waals surface area contributed by atoms with Crippen molar-refractivity contribution in [3.05, 3.63) is 94.7 Å². The number of aromatic nitrogens is 4. The largest absolute Gasteiger partial charge is 0.330 e. The molecule has 0 bridgehead atoms. The summed E-state index contributed by atoms with van der Waals surface area (Å²) in [5.74, 6) is 0.220. The Morgan fingerprint density at radius 3 is 2.65 bits per heavy atom. The minimum absolute atomic E-state index is 0.366. The molecule has 0 saturated carbocycles. The van der Waals surface area contributed by atoms with Gasteiger partial charge in [0.05, 0.1) is 25.0 Å². The third-order valence-electron chi connectivity index (χ3n) is 4.59. The standard InChI is InChI=1S/C22H20ClFN6S/c1-15-2-4-16(5-3-15)12-30-14-19(11-25-30)26-22(31)27-21-8-9-29(28-21)13-17-6-7-18(24)10-20(17)23/h2-11,14H,12-13H2,1H3,(H2,26,27,28,31). The number of halogens is 2. The van der Waals surface area contributed by atoms with Crippen molar-refractivity contribution < 1.29 is 4.39 Å². The van der Waals surface area contributed by atoms with E-state index in [1.54, 1.807) is 29.2 Å². The van der Waals surface area contributed by atoms with Gasteiger partial charge >= 0.3 is 0 Å². The van der Waals surface area contributed by atoms with Crippen molar-refractivity contribution in [2.24, 2.45) is 0 Å². The Hall–Kier alpha value is -3.23. The summed E-state index contributed by atoms with van der Waals surface area (Å²) in [4.78, 5) is 0. The van der Waals surface area contributed by atoms with Crippen LogP contribution in [0.2, 0.25) is 5.02 Å². The molecule has 0 aliphatic carbocycles. The number of rotatable bonds is 6. The summed E-state index contributed by atoms with van der Waals surface area (Å²) >= 11 is 11.5. The van der Waals surface area contributed by atoms with Crippen molar-refractivity contribution in [1.29, 1.82) is 0 Å². The second-order valence-electron chi connectivity index (χ2n) is 7.13. The van der Waals surface area contributed by atoms with E-state index < -0.39 is 0 Å². The average Bonchev–Trinajstić information content (AvgIpc) is 3.35. The average molecular weight is 455 g/mol. The molecule has 6 nitrogen and oxygen atoms in total. The monoisotopic (exact) mass is 454 g/mol. The number of thiocarbonyl (C=S) groups is 1. The quantitative estimate of drug-likeness (QED) is 0.397. The van der Waals surface area contributed by atoms with Crippen LogP contribution in [0.1, 0.15) is 16.7 Å². The molecule has 4 aromatic rings. The Morgan fingerprint density at radius 2 is 1.87 bits per heavy atom. The number of aryl methyl sites for hydroxylation is 1.